The van der Waals surface area contributed by atoms with Gasteiger partial charge in [-0.25, -0.2) is 0 Å². The van der Waals surface area contributed by atoms with E-state index in [2.05, 4.69) is 15.9 Å². The number of furan rings is 1. The van der Waals surface area contributed by atoms with Crippen LogP contribution >= 0.6 is 27.3 Å². The van der Waals surface area contributed by atoms with Crippen molar-refractivity contribution in [2.45, 2.75) is 12.5 Å². The lowest BCUT2D eigenvalue weighted by molar-refractivity contribution is 0.177. The van der Waals surface area contributed by atoms with Gasteiger partial charge in [0, 0.05) is 16.9 Å². The summed E-state index contributed by atoms with van der Waals surface area (Å²) < 4.78 is 5.68. The smallest absolute Gasteiger partial charge is 0.174 e. The molecule has 0 spiro atoms. The molecule has 0 aliphatic rings. The second kappa shape index (κ2) is 4.29. The Morgan fingerprint density at radius 3 is 2.93 bits per heavy atom. The van der Waals surface area contributed by atoms with Gasteiger partial charge in [0.05, 0.1) is 12.4 Å². The molecule has 0 fully saturated rings. The lowest BCUT2D eigenvalue weighted by Crippen LogP contribution is -1.99. The topological polar surface area (TPSA) is 33.4 Å². The first kappa shape index (κ1) is 9.96. The summed E-state index contributed by atoms with van der Waals surface area (Å²) in [6.07, 6.45) is 1.70. The van der Waals surface area contributed by atoms with Crippen LogP contribution in [0.3, 0.4) is 0 Å². The van der Waals surface area contributed by atoms with E-state index in [1.54, 1.807) is 23.7 Å². The summed E-state index contributed by atoms with van der Waals surface area (Å²) in [5.41, 5.74) is 0.804. The summed E-state index contributed by atoms with van der Waals surface area (Å²) in [4.78, 5) is 1.17. The van der Waals surface area contributed by atoms with Gasteiger partial charge in [0.15, 0.2) is 4.67 Å². The van der Waals surface area contributed by atoms with Crippen LogP contribution < -0.4 is 0 Å². The second-order valence-corrected chi connectivity index (χ2v) is 4.70. The molecule has 0 radical (unpaired) electrons. The number of aliphatic hydroxyl groups excluding tert-OH is 1. The number of hydrogen-bond acceptors (Lipinski definition) is 3. The van der Waals surface area contributed by atoms with Gasteiger partial charge in [-0.1, -0.05) is 6.07 Å². The Labute approximate surface area is 94.3 Å². The lowest BCUT2D eigenvalue weighted by atomic mass is 10.1. The van der Waals surface area contributed by atoms with Gasteiger partial charge >= 0.3 is 0 Å². The lowest BCUT2D eigenvalue weighted by Gasteiger charge is -2.06. The van der Waals surface area contributed by atoms with Crippen LogP contribution in [0, 0.1) is 0 Å². The molecule has 0 aliphatic carbocycles. The molecule has 0 saturated heterocycles. The van der Waals surface area contributed by atoms with Crippen LogP contribution in [-0.2, 0) is 6.42 Å². The molecule has 1 N–H and O–H groups in total. The monoisotopic (exact) mass is 272 g/mol. The maximum Gasteiger partial charge on any atom is 0.174 e. The van der Waals surface area contributed by atoms with Gasteiger partial charge in [-0.3, -0.25) is 0 Å². The van der Waals surface area contributed by atoms with E-state index in [4.69, 9.17) is 4.42 Å². The summed E-state index contributed by atoms with van der Waals surface area (Å²) in [5, 5.41) is 11.9. The van der Waals surface area contributed by atoms with Crippen molar-refractivity contribution < 1.29 is 9.52 Å². The first-order chi connectivity index (χ1) is 6.77. The summed E-state index contributed by atoms with van der Waals surface area (Å²) in [7, 11) is 0. The third-order valence-corrected chi connectivity index (χ3v) is 3.52. The molecule has 2 aromatic rings. The van der Waals surface area contributed by atoms with Gasteiger partial charge in [0.25, 0.3) is 0 Å². The van der Waals surface area contributed by atoms with Crippen LogP contribution in [0.5, 0.6) is 0 Å². The van der Waals surface area contributed by atoms with Crippen LogP contribution in [0.25, 0.3) is 0 Å². The number of thiophene rings is 1. The fraction of sp³-hybridized carbons (Fsp3) is 0.200. The van der Waals surface area contributed by atoms with Gasteiger partial charge in [-0.15, -0.1) is 11.3 Å². The average Bonchev–Trinajstić information content (AvgIpc) is 2.75. The minimum atomic E-state index is -0.498. The first-order valence-electron chi connectivity index (χ1n) is 4.20. The number of hydrogen-bond donors (Lipinski definition) is 1. The highest BCUT2D eigenvalue weighted by Crippen LogP contribution is 2.27. The maximum atomic E-state index is 9.88. The molecule has 74 valence electrons. The van der Waals surface area contributed by atoms with Crippen LogP contribution in [0.4, 0.5) is 0 Å². The predicted octanol–water partition coefficient (Wildman–Crippen LogP) is 3.38. The zero-order valence-corrected chi connectivity index (χ0v) is 9.72. The number of halogens is 1. The van der Waals surface area contributed by atoms with Crippen molar-refractivity contribution in [2.75, 3.05) is 0 Å². The summed E-state index contributed by atoms with van der Waals surface area (Å²) >= 11 is 4.90. The second-order valence-electron chi connectivity index (χ2n) is 2.95. The third-order valence-electron chi connectivity index (χ3n) is 1.98. The van der Waals surface area contributed by atoms with Gasteiger partial charge in [-0.05, 0) is 33.4 Å². The molecule has 2 rings (SSSR count). The van der Waals surface area contributed by atoms with Crippen LogP contribution in [0.15, 0.2) is 38.9 Å². The van der Waals surface area contributed by atoms with Crippen molar-refractivity contribution >= 4 is 27.3 Å². The van der Waals surface area contributed by atoms with Crippen molar-refractivity contribution in [1.29, 1.82) is 0 Å². The normalized spacial score (nSPS) is 13.0. The van der Waals surface area contributed by atoms with Gasteiger partial charge in [0.2, 0.25) is 0 Å². The van der Waals surface area contributed by atoms with Crippen molar-refractivity contribution in [3.63, 3.8) is 0 Å². The molecule has 1 unspecified atom stereocenters. The molecule has 14 heavy (non-hydrogen) atoms. The zero-order chi connectivity index (χ0) is 9.97. The molecule has 4 heteroatoms. The molecule has 1 atom stereocenters. The van der Waals surface area contributed by atoms with E-state index in [1.807, 2.05) is 17.5 Å². The van der Waals surface area contributed by atoms with Gasteiger partial charge in [-0.2, -0.15) is 0 Å². The van der Waals surface area contributed by atoms with Crippen molar-refractivity contribution in [1.82, 2.24) is 0 Å². The Morgan fingerprint density at radius 1 is 1.50 bits per heavy atom. The summed E-state index contributed by atoms with van der Waals surface area (Å²) in [6.45, 7) is 0. The third kappa shape index (κ3) is 2.08. The average molecular weight is 273 g/mol. The molecular formula is C10H9BrO2S. The minimum Gasteiger partial charge on any atom is -0.457 e. The Morgan fingerprint density at radius 2 is 2.36 bits per heavy atom. The van der Waals surface area contributed by atoms with E-state index in [9.17, 15) is 5.11 Å². The predicted molar refractivity (Wildman–Crippen MR) is 59.4 cm³/mol. The number of rotatable bonds is 3. The van der Waals surface area contributed by atoms with E-state index >= 15 is 0 Å². The first-order valence-corrected chi connectivity index (χ1v) is 5.88. The fourth-order valence-corrected chi connectivity index (χ4v) is 2.52. The molecule has 0 aliphatic heterocycles. The molecule has 0 saturated carbocycles. The largest absolute Gasteiger partial charge is 0.457 e. The zero-order valence-electron chi connectivity index (χ0n) is 7.31. The quantitative estimate of drug-likeness (QED) is 0.930. The van der Waals surface area contributed by atoms with Crippen molar-refractivity contribution in [2.24, 2.45) is 0 Å². The Balaban J connectivity index is 2.10. The highest BCUT2D eigenvalue weighted by Gasteiger charge is 2.14. The summed E-state index contributed by atoms with van der Waals surface area (Å²) in [5.74, 6) is 0. The van der Waals surface area contributed by atoms with Gasteiger partial charge < -0.3 is 9.52 Å². The van der Waals surface area contributed by atoms with E-state index in [0.717, 1.165) is 5.56 Å². The fourth-order valence-electron chi connectivity index (χ4n) is 1.27. The standard InChI is InChI=1S/C10H9BrO2S/c11-10-8(3-4-13-10)9(12)6-7-2-1-5-14-7/h1-5,9,12H,6H2. The van der Waals surface area contributed by atoms with E-state index in [-0.39, 0.29) is 0 Å². The molecule has 2 aromatic heterocycles. The van der Waals surface area contributed by atoms with Gasteiger partial charge in [0.1, 0.15) is 0 Å². The molecular weight excluding hydrogens is 264 g/mol. The van der Waals surface area contributed by atoms with E-state index in [0.29, 0.717) is 11.1 Å². The van der Waals surface area contributed by atoms with Crippen LogP contribution in [0.1, 0.15) is 16.5 Å². The molecule has 2 heterocycles. The summed E-state index contributed by atoms with van der Waals surface area (Å²) in [6, 6.07) is 5.78. The molecule has 0 amide bonds. The Bertz CT molecular complexity index is 394. The minimum absolute atomic E-state index is 0.498. The highest BCUT2D eigenvalue weighted by atomic mass is 79.9. The van der Waals surface area contributed by atoms with Crippen molar-refractivity contribution in [3.05, 3.63) is 45.0 Å². The SMILES string of the molecule is OC(Cc1cccs1)c1ccoc1Br. The van der Waals surface area contributed by atoms with E-state index in [1.165, 1.54) is 4.88 Å². The number of aliphatic hydroxyl groups is 1. The molecule has 2 nitrogen and oxygen atoms in total. The maximum absolute atomic E-state index is 9.88. The van der Waals surface area contributed by atoms with Crippen LogP contribution in [-0.4, -0.2) is 5.11 Å². The molecule has 0 aromatic carbocycles. The van der Waals surface area contributed by atoms with E-state index < -0.39 is 6.10 Å². The molecule has 0 bridgehead atoms. The Hall–Kier alpha value is -0.580. The van der Waals surface area contributed by atoms with Crippen molar-refractivity contribution in [3.8, 4) is 0 Å². The highest BCUT2D eigenvalue weighted by molar-refractivity contribution is 9.10. The van der Waals surface area contributed by atoms with Crippen LogP contribution in [0.2, 0.25) is 0 Å². The Kier molecular flexibility index (Phi) is 3.05.